The van der Waals surface area contributed by atoms with Gasteiger partial charge in [0.05, 0.1) is 26.6 Å². The highest BCUT2D eigenvalue weighted by Crippen LogP contribution is 2.34. The van der Waals surface area contributed by atoms with Crippen LogP contribution in [0.25, 0.3) is 0 Å². The van der Waals surface area contributed by atoms with Gasteiger partial charge in [-0.3, -0.25) is 14.4 Å². The maximum absolute atomic E-state index is 12.6. The van der Waals surface area contributed by atoms with Crippen molar-refractivity contribution < 1.29 is 29.0 Å². The van der Waals surface area contributed by atoms with E-state index in [1.807, 2.05) is 6.92 Å². The number of hydrogen-bond donors (Lipinski definition) is 2. The monoisotopic (exact) mass is 378 g/mol. The molecule has 2 amide bonds. The average molecular weight is 378 g/mol. The molecule has 8 heteroatoms. The first-order chi connectivity index (χ1) is 12.7. The Morgan fingerprint density at radius 2 is 1.96 bits per heavy atom. The Balaban J connectivity index is 2.12. The Bertz CT molecular complexity index is 735. The van der Waals surface area contributed by atoms with Crippen LogP contribution >= 0.6 is 0 Å². The predicted molar refractivity (Wildman–Crippen MR) is 99.1 cm³/mol. The molecule has 0 unspecified atom stereocenters. The third-order valence-corrected chi connectivity index (χ3v) is 4.92. The summed E-state index contributed by atoms with van der Waals surface area (Å²) in [6.07, 6.45) is 0.382. The van der Waals surface area contributed by atoms with Crippen molar-refractivity contribution in [2.45, 2.75) is 38.6 Å². The molecule has 1 fully saturated rings. The van der Waals surface area contributed by atoms with Crippen molar-refractivity contribution in [1.82, 2.24) is 5.32 Å². The van der Waals surface area contributed by atoms with Crippen molar-refractivity contribution in [2.24, 2.45) is 5.92 Å². The van der Waals surface area contributed by atoms with Gasteiger partial charge in [0.1, 0.15) is 0 Å². The molecule has 0 spiro atoms. The molecule has 1 aliphatic rings. The van der Waals surface area contributed by atoms with E-state index in [1.54, 1.807) is 25.1 Å². The number of rotatable bonds is 8. The van der Waals surface area contributed by atoms with Crippen molar-refractivity contribution in [1.29, 1.82) is 0 Å². The first-order valence-corrected chi connectivity index (χ1v) is 8.79. The number of ether oxygens (including phenoxy) is 2. The molecule has 2 atom stereocenters. The van der Waals surface area contributed by atoms with Crippen LogP contribution in [0.1, 0.15) is 33.1 Å². The molecular formula is C19H26N2O6. The quantitative estimate of drug-likeness (QED) is 0.715. The van der Waals surface area contributed by atoms with Gasteiger partial charge in [0.15, 0.2) is 11.5 Å². The van der Waals surface area contributed by atoms with Crippen molar-refractivity contribution >= 4 is 23.5 Å². The van der Waals surface area contributed by atoms with Crippen LogP contribution in [0.15, 0.2) is 18.2 Å². The molecule has 8 nitrogen and oxygen atoms in total. The zero-order valence-electron chi connectivity index (χ0n) is 16.1. The second kappa shape index (κ2) is 8.28. The minimum atomic E-state index is -0.978. The fraction of sp³-hybridized carbons (Fsp3) is 0.526. The summed E-state index contributed by atoms with van der Waals surface area (Å²) in [5.74, 6) is -0.944. The summed E-state index contributed by atoms with van der Waals surface area (Å²) in [7, 11) is 3.04. The smallest absolute Gasteiger partial charge is 0.305 e. The molecule has 1 aromatic rings. The minimum Gasteiger partial charge on any atom is -0.493 e. The van der Waals surface area contributed by atoms with Crippen molar-refractivity contribution in [3.8, 4) is 11.5 Å². The highest BCUT2D eigenvalue weighted by molar-refractivity contribution is 6.00. The molecule has 0 radical (unpaired) electrons. The van der Waals surface area contributed by atoms with Crippen LogP contribution < -0.4 is 19.7 Å². The van der Waals surface area contributed by atoms with Gasteiger partial charge in [-0.1, -0.05) is 6.92 Å². The topological polar surface area (TPSA) is 105 Å². The molecule has 1 saturated heterocycles. The number of carbonyl (C=O) groups is 3. The van der Waals surface area contributed by atoms with Crippen LogP contribution in [0.3, 0.4) is 0 Å². The number of hydrogen-bond acceptors (Lipinski definition) is 5. The first kappa shape index (κ1) is 20.5. The van der Waals surface area contributed by atoms with E-state index in [2.05, 4.69) is 5.32 Å². The minimum absolute atomic E-state index is 0.0764. The van der Waals surface area contributed by atoms with E-state index in [-0.39, 0.29) is 31.2 Å². The van der Waals surface area contributed by atoms with Crippen LogP contribution in [-0.2, 0) is 14.4 Å². The largest absolute Gasteiger partial charge is 0.493 e. The number of nitrogens with zero attached hydrogens (tertiary/aromatic N) is 1. The number of carbonyl (C=O) groups excluding carboxylic acids is 2. The number of nitrogens with one attached hydrogen (secondary N) is 1. The molecule has 1 aliphatic heterocycles. The van der Waals surface area contributed by atoms with Crippen LogP contribution in [0.2, 0.25) is 0 Å². The SMILES string of the molecule is CC[C@](C)(CC(=O)O)NC(=O)[C@@H]1CC(=O)N(c2ccc(OC)c(OC)c2)C1. The third-order valence-electron chi connectivity index (χ3n) is 4.92. The molecule has 0 saturated carbocycles. The van der Waals surface area contributed by atoms with E-state index >= 15 is 0 Å². The Morgan fingerprint density at radius 1 is 1.30 bits per heavy atom. The van der Waals surface area contributed by atoms with Gasteiger partial charge in [0.2, 0.25) is 11.8 Å². The highest BCUT2D eigenvalue weighted by atomic mass is 16.5. The molecule has 148 valence electrons. The lowest BCUT2D eigenvalue weighted by molar-refractivity contribution is -0.139. The number of aliphatic carboxylic acids is 1. The number of carboxylic acids is 1. The molecule has 1 heterocycles. The van der Waals surface area contributed by atoms with E-state index in [4.69, 9.17) is 14.6 Å². The molecule has 0 aliphatic carbocycles. The summed E-state index contributed by atoms with van der Waals surface area (Å²) in [4.78, 5) is 37.6. The van der Waals surface area contributed by atoms with Gasteiger partial charge in [0.25, 0.3) is 0 Å². The summed E-state index contributed by atoms with van der Waals surface area (Å²) >= 11 is 0. The number of carboxylic acid groups (broad SMARTS) is 1. The van der Waals surface area contributed by atoms with E-state index in [0.29, 0.717) is 23.6 Å². The molecule has 2 rings (SSSR count). The van der Waals surface area contributed by atoms with E-state index in [1.165, 1.54) is 19.1 Å². The van der Waals surface area contributed by atoms with Gasteiger partial charge >= 0.3 is 5.97 Å². The maximum atomic E-state index is 12.6. The molecule has 1 aromatic carbocycles. The van der Waals surface area contributed by atoms with Gasteiger partial charge in [-0.25, -0.2) is 0 Å². The summed E-state index contributed by atoms with van der Waals surface area (Å²) < 4.78 is 10.5. The molecule has 27 heavy (non-hydrogen) atoms. The summed E-state index contributed by atoms with van der Waals surface area (Å²) in [5, 5.41) is 11.9. The summed E-state index contributed by atoms with van der Waals surface area (Å²) in [6, 6.07) is 5.13. The second-order valence-corrected chi connectivity index (χ2v) is 6.92. The fourth-order valence-corrected chi connectivity index (χ4v) is 3.12. The Kier molecular flexibility index (Phi) is 6.30. The van der Waals surface area contributed by atoms with Crippen molar-refractivity contribution in [2.75, 3.05) is 25.7 Å². The lowest BCUT2D eigenvalue weighted by Gasteiger charge is -2.29. The molecule has 0 bridgehead atoms. The van der Waals surface area contributed by atoms with Crippen LogP contribution in [-0.4, -0.2) is 49.2 Å². The van der Waals surface area contributed by atoms with Gasteiger partial charge in [-0.2, -0.15) is 0 Å². The summed E-state index contributed by atoms with van der Waals surface area (Å²) in [6.45, 7) is 3.74. The van der Waals surface area contributed by atoms with Crippen molar-refractivity contribution in [3.05, 3.63) is 18.2 Å². The predicted octanol–water partition coefficient (Wildman–Crippen LogP) is 1.82. The van der Waals surface area contributed by atoms with Gasteiger partial charge in [0, 0.05) is 30.3 Å². The van der Waals surface area contributed by atoms with Gasteiger partial charge in [-0.15, -0.1) is 0 Å². The molecular weight excluding hydrogens is 352 g/mol. The molecule has 2 N–H and O–H groups in total. The summed E-state index contributed by atoms with van der Waals surface area (Å²) in [5.41, 5.74) is -0.223. The van der Waals surface area contributed by atoms with E-state index in [0.717, 1.165) is 0 Å². The normalized spacial score (nSPS) is 18.7. The number of anilines is 1. The van der Waals surface area contributed by atoms with Crippen LogP contribution in [0.4, 0.5) is 5.69 Å². The first-order valence-electron chi connectivity index (χ1n) is 8.79. The molecule has 0 aromatic heterocycles. The number of benzene rings is 1. The van der Waals surface area contributed by atoms with Crippen LogP contribution in [0, 0.1) is 5.92 Å². The highest BCUT2D eigenvalue weighted by Gasteiger charge is 2.38. The third kappa shape index (κ3) is 4.69. The lowest BCUT2D eigenvalue weighted by Crippen LogP contribution is -2.49. The Morgan fingerprint density at radius 3 is 2.52 bits per heavy atom. The second-order valence-electron chi connectivity index (χ2n) is 6.92. The van der Waals surface area contributed by atoms with Crippen molar-refractivity contribution in [3.63, 3.8) is 0 Å². The number of amides is 2. The van der Waals surface area contributed by atoms with Crippen LogP contribution in [0.5, 0.6) is 11.5 Å². The maximum Gasteiger partial charge on any atom is 0.305 e. The lowest BCUT2D eigenvalue weighted by atomic mass is 9.93. The standard InChI is InChI=1S/C19H26N2O6/c1-5-19(2,10-17(23)24)20-18(25)12-8-16(22)21(11-12)13-6-7-14(26-3)15(9-13)27-4/h6-7,9,12H,5,8,10-11H2,1-4H3,(H,20,25)(H,23,24)/t12-,19-/m1/s1. The number of methoxy groups -OCH3 is 2. The average Bonchev–Trinajstić information content (AvgIpc) is 3.02. The fourth-order valence-electron chi connectivity index (χ4n) is 3.12. The zero-order valence-corrected chi connectivity index (χ0v) is 16.1. The van der Waals surface area contributed by atoms with Gasteiger partial charge in [-0.05, 0) is 25.5 Å². The Labute approximate surface area is 158 Å². The van der Waals surface area contributed by atoms with Gasteiger partial charge < -0.3 is 24.8 Å². The zero-order chi connectivity index (χ0) is 20.2. The van der Waals surface area contributed by atoms with E-state index in [9.17, 15) is 14.4 Å². The Hall–Kier alpha value is -2.77. The van der Waals surface area contributed by atoms with E-state index < -0.39 is 17.4 Å².